The summed E-state index contributed by atoms with van der Waals surface area (Å²) in [6, 6.07) is 13.4. The zero-order chi connectivity index (χ0) is 20.1. The van der Waals surface area contributed by atoms with Crippen molar-refractivity contribution in [2.45, 2.75) is 25.0 Å². The van der Waals surface area contributed by atoms with Crippen LogP contribution in [0.15, 0.2) is 54.7 Å². The lowest BCUT2D eigenvalue weighted by Gasteiger charge is -2.18. The molecule has 0 radical (unpaired) electrons. The van der Waals surface area contributed by atoms with Crippen molar-refractivity contribution in [1.82, 2.24) is 15.8 Å². The monoisotopic (exact) mass is 400 g/mol. The highest BCUT2D eigenvalue weighted by Crippen LogP contribution is 2.19. The first-order valence-corrected chi connectivity index (χ1v) is 9.18. The second-order valence-corrected chi connectivity index (χ2v) is 6.90. The van der Waals surface area contributed by atoms with E-state index in [-0.39, 0.29) is 5.56 Å². The van der Waals surface area contributed by atoms with Gasteiger partial charge in [-0.05, 0) is 42.7 Å². The number of nitrogens with one attached hydrogen (secondary N) is 3. The Kier molecular flexibility index (Phi) is 6.30. The largest absolute Gasteiger partial charge is 0.382 e. The third-order valence-corrected chi connectivity index (χ3v) is 4.72. The van der Waals surface area contributed by atoms with Crippen molar-refractivity contribution in [3.8, 4) is 0 Å². The fraction of sp³-hybridized carbons (Fsp3) is 0.200. The lowest BCUT2D eigenvalue weighted by Crippen LogP contribution is -2.52. The minimum absolute atomic E-state index is 0.283. The minimum Gasteiger partial charge on any atom is -0.382 e. The van der Waals surface area contributed by atoms with Gasteiger partial charge in [0, 0.05) is 33.7 Å². The molecule has 2 aromatic carbocycles. The number of hydrogen-bond donors (Lipinski definition) is 5. The van der Waals surface area contributed by atoms with Crippen molar-refractivity contribution >= 4 is 34.3 Å². The van der Waals surface area contributed by atoms with E-state index in [0.29, 0.717) is 17.9 Å². The molecule has 1 heterocycles. The number of aryl methyl sites for hydroxylation is 1. The zero-order valence-electron chi connectivity index (χ0n) is 15.0. The summed E-state index contributed by atoms with van der Waals surface area (Å²) in [4.78, 5) is 27.2. The van der Waals surface area contributed by atoms with Gasteiger partial charge in [-0.2, -0.15) is 0 Å². The van der Waals surface area contributed by atoms with Gasteiger partial charge in [-0.25, -0.2) is 0 Å². The molecule has 0 saturated carbocycles. The Balaban J connectivity index is 1.50. The maximum Gasteiger partial charge on any atom is 0.269 e. The Labute approximate surface area is 166 Å². The number of aliphatic hydroxyl groups is 1. The van der Waals surface area contributed by atoms with Gasteiger partial charge in [0.2, 0.25) is 0 Å². The summed E-state index contributed by atoms with van der Waals surface area (Å²) in [6.07, 6.45) is 1.45. The number of H-pyrrole nitrogens is 1. The van der Waals surface area contributed by atoms with Gasteiger partial charge < -0.3 is 15.8 Å². The number of nitrogens with two attached hydrogens (primary N) is 1. The molecule has 146 valence electrons. The highest BCUT2D eigenvalue weighted by atomic mass is 35.5. The van der Waals surface area contributed by atoms with Gasteiger partial charge in [0.1, 0.15) is 6.10 Å². The average molecular weight is 401 g/mol. The summed E-state index contributed by atoms with van der Waals surface area (Å²) in [7, 11) is 0. The SMILES string of the molecule is N[C@H](CCc1c[nH]c2ccccc12)[C@H](O)C(=O)NNC(=O)c1cccc(Cl)c1. The molecule has 0 bridgehead atoms. The summed E-state index contributed by atoms with van der Waals surface area (Å²) >= 11 is 5.83. The summed E-state index contributed by atoms with van der Waals surface area (Å²) in [5.74, 6) is -1.32. The molecule has 8 heteroatoms. The quantitative estimate of drug-likeness (QED) is 0.406. The molecular formula is C20H21ClN4O3. The van der Waals surface area contributed by atoms with Gasteiger partial charge in [0.05, 0.1) is 0 Å². The van der Waals surface area contributed by atoms with Crippen molar-refractivity contribution < 1.29 is 14.7 Å². The number of carbonyl (C=O) groups is 2. The number of para-hydroxylation sites is 1. The summed E-state index contributed by atoms with van der Waals surface area (Å²) in [5.41, 5.74) is 12.8. The van der Waals surface area contributed by atoms with Crippen LogP contribution in [0.4, 0.5) is 0 Å². The third-order valence-electron chi connectivity index (χ3n) is 4.48. The summed E-state index contributed by atoms with van der Waals surface area (Å²) < 4.78 is 0. The van der Waals surface area contributed by atoms with E-state index in [1.807, 2.05) is 30.5 Å². The number of aliphatic hydroxyl groups excluding tert-OH is 1. The molecule has 3 aromatic rings. The molecular weight excluding hydrogens is 380 g/mol. The standard InChI is InChI=1S/C20H21ClN4O3/c21-14-5-3-4-12(10-14)19(27)24-25-20(28)18(26)16(22)9-8-13-11-23-17-7-2-1-6-15(13)17/h1-7,10-11,16,18,23,26H,8-9,22H2,(H,24,27)(H,25,28)/t16-,18+/m1/s1. The second-order valence-electron chi connectivity index (χ2n) is 6.46. The molecule has 3 rings (SSSR count). The molecule has 0 spiro atoms. The van der Waals surface area contributed by atoms with Gasteiger partial charge >= 0.3 is 0 Å². The number of halogens is 1. The number of aromatic amines is 1. The Morgan fingerprint density at radius 2 is 1.93 bits per heavy atom. The summed E-state index contributed by atoms with van der Waals surface area (Å²) in [5, 5.41) is 11.6. The van der Waals surface area contributed by atoms with Crippen molar-refractivity contribution in [1.29, 1.82) is 0 Å². The third kappa shape index (κ3) is 4.69. The molecule has 0 aliphatic carbocycles. The number of aromatic nitrogens is 1. The van der Waals surface area contributed by atoms with Crippen LogP contribution in [0.2, 0.25) is 5.02 Å². The smallest absolute Gasteiger partial charge is 0.269 e. The molecule has 2 amide bonds. The van der Waals surface area contributed by atoms with Gasteiger partial charge in [0.15, 0.2) is 0 Å². The lowest BCUT2D eigenvalue weighted by atomic mass is 10.0. The molecule has 2 atom stereocenters. The maximum absolute atomic E-state index is 12.1. The first-order valence-electron chi connectivity index (χ1n) is 8.80. The molecule has 0 fully saturated rings. The van der Waals surface area contributed by atoms with Gasteiger partial charge in [-0.15, -0.1) is 0 Å². The molecule has 1 aromatic heterocycles. The van der Waals surface area contributed by atoms with Crippen molar-refractivity contribution in [2.24, 2.45) is 5.73 Å². The fourth-order valence-corrected chi connectivity index (χ4v) is 3.10. The first-order chi connectivity index (χ1) is 13.5. The van der Waals surface area contributed by atoms with Crippen molar-refractivity contribution in [2.75, 3.05) is 0 Å². The van der Waals surface area contributed by atoms with E-state index < -0.39 is 24.0 Å². The van der Waals surface area contributed by atoms with Crippen LogP contribution >= 0.6 is 11.6 Å². The van der Waals surface area contributed by atoms with Gasteiger partial charge in [-0.1, -0.05) is 35.9 Å². The minimum atomic E-state index is -1.45. The van der Waals surface area contributed by atoms with Gasteiger partial charge in [-0.3, -0.25) is 20.4 Å². The number of hydrogen-bond acceptors (Lipinski definition) is 4. The van der Waals surface area contributed by atoms with E-state index in [2.05, 4.69) is 15.8 Å². The van der Waals surface area contributed by atoms with E-state index in [0.717, 1.165) is 16.5 Å². The van der Waals surface area contributed by atoms with Gasteiger partial charge in [0.25, 0.3) is 11.8 Å². The predicted molar refractivity (Wildman–Crippen MR) is 108 cm³/mol. The Bertz CT molecular complexity index is 988. The van der Waals surface area contributed by atoms with Crippen LogP contribution < -0.4 is 16.6 Å². The number of rotatable bonds is 6. The van der Waals surface area contributed by atoms with E-state index in [1.165, 1.54) is 6.07 Å². The average Bonchev–Trinajstić information content (AvgIpc) is 3.12. The van der Waals surface area contributed by atoms with E-state index in [1.54, 1.807) is 18.2 Å². The number of benzene rings is 2. The van der Waals surface area contributed by atoms with E-state index in [9.17, 15) is 14.7 Å². The maximum atomic E-state index is 12.1. The first kappa shape index (κ1) is 19.9. The Hall–Kier alpha value is -2.87. The predicted octanol–water partition coefficient (Wildman–Crippen LogP) is 1.90. The number of carbonyl (C=O) groups excluding carboxylic acids is 2. The topological polar surface area (TPSA) is 120 Å². The van der Waals surface area contributed by atoms with E-state index in [4.69, 9.17) is 17.3 Å². The number of fused-ring (bicyclic) bond motifs is 1. The zero-order valence-corrected chi connectivity index (χ0v) is 15.7. The molecule has 0 saturated heterocycles. The van der Waals surface area contributed by atoms with Crippen molar-refractivity contribution in [3.05, 3.63) is 70.9 Å². The normalized spacial score (nSPS) is 13.1. The highest BCUT2D eigenvalue weighted by Gasteiger charge is 2.23. The number of hydrazine groups is 1. The summed E-state index contributed by atoms with van der Waals surface area (Å²) in [6.45, 7) is 0. The fourth-order valence-electron chi connectivity index (χ4n) is 2.91. The van der Waals surface area contributed by atoms with Crippen molar-refractivity contribution in [3.63, 3.8) is 0 Å². The van der Waals surface area contributed by atoms with Crippen LogP contribution in [-0.4, -0.2) is 34.1 Å². The van der Waals surface area contributed by atoms with Crippen LogP contribution in [0.3, 0.4) is 0 Å². The molecule has 0 aliphatic rings. The van der Waals surface area contributed by atoms with Crippen LogP contribution in [0.5, 0.6) is 0 Å². The van der Waals surface area contributed by atoms with Crippen LogP contribution in [0.1, 0.15) is 22.3 Å². The number of amides is 2. The van der Waals surface area contributed by atoms with Crippen LogP contribution in [-0.2, 0) is 11.2 Å². The van der Waals surface area contributed by atoms with Crippen LogP contribution in [0, 0.1) is 0 Å². The Morgan fingerprint density at radius 1 is 1.14 bits per heavy atom. The molecule has 0 unspecified atom stereocenters. The van der Waals surface area contributed by atoms with E-state index >= 15 is 0 Å². The van der Waals surface area contributed by atoms with Crippen LogP contribution in [0.25, 0.3) is 10.9 Å². The second kappa shape index (κ2) is 8.88. The Morgan fingerprint density at radius 3 is 2.71 bits per heavy atom. The highest BCUT2D eigenvalue weighted by molar-refractivity contribution is 6.30. The molecule has 0 aliphatic heterocycles. The molecule has 6 N–H and O–H groups in total. The molecule has 7 nitrogen and oxygen atoms in total. The lowest BCUT2D eigenvalue weighted by molar-refractivity contribution is -0.131. The molecule has 28 heavy (non-hydrogen) atoms.